The summed E-state index contributed by atoms with van der Waals surface area (Å²) in [7, 11) is 0. The molecule has 4 aromatic heterocycles. The summed E-state index contributed by atoms with van der Waals surface area (Å²) in [6.07, 6.45) is 6.17. The van der Waals surface area contributed by atoms with Crippen LogP contribution in [-0.2, 0) is 19.2 Å². The molecule has 318 valence electrons. The van der Waals surface area contributed by atoms with Gasteiger partial charge in [0, 0.05) is 101 Å². The third-order valence-electron chi connectivity index (χ3n) is 8.48. The summed E-state index contributed by atoms with van der Waals surface area (Å²) in [6, 6.07) is 11.2. The van der Waals surface area contributed by atoms with Crippen LogP contribution in [0.3, 0.4) is 0 Å². The average Bonchev–Trinajstić information content (AvgIpc) is 3.18. The second kappa shape index (κ2) is 25.2. The van der Waals surface area contributed by atoms with E-state index in [1.807, 2.05) is 79.7 Å². The molecule has 2 N–H and O–H groups in total. The van der Waals surface area contributed by atoms with Crippen molar-refractivity contribution >= 4 is 75.2 Å². The van der Waals surface area contributed by atoms with Gasteiger partial charge >= 0.3 is 0 Å². The molecule has 0 saturated carbocycles. The molecule has 0 saturated heterocycles. The van der Waals surface area contributed by atoms with E-state index in [-0.39, 0.29) is 28.6 Å². The number of pyridine rings is 4. The molecule has 0 bridgehead atoms. The number of amides is 4. The molecule has 4 rings (SSSR count). The third kappa shape index (κ3) is 15.1. The Hall–Kier alpha value is -6.36. The highest BCUT2D eigenvalue weighted by molar-refractivity contribution is 7.80. The first-order valence-corrected chi connectivity index (χ1v) is 19.8. The Balaban J connectivity index is 0.000000400. The highest BCUT2D eigenvalue weighted by Crippen LogP contribution is 2.26. The first-order chi connectivity index (χ1) is 28.2. The average molecular weight is 856 g/mol. The molecule has 0 aliphatic rings. The molecule has 0 spiro atoms. The molecule has 0 radical (unpaired) electrons. The van der Waals surface area contributed by atoms with Gasteiger partial charge < -0.3 is 25.3 Å². The number of anilines is 4. The van der Waals surface area contributed by atoms with Gasteiger partial charge in [-0.2, -0.15) is 10.5 Å². The van der Waals surface area contributed by atoms with Crippen molar-refractivity contribution in [2.45, 2.75) is 83.1 Å². The number of nitriles is 2. The van der Waals surface area contributed by atoms with Gasteiger partial charge in [0.2, 0.25) is 23.6 Å². The van der Waals surface area contributed by atoms with Crippen molar-refractivity contribution in [3.05, 3.63) is 93.5 Å². The van der Waals surface area contributed by atoms with Crippen molar-refractivity contribution in [1.82, 2.24) is 19.9 Å². The van der Waals surface area contributed by atoms with Gasteiger partial charge in [-0.1, -0.05) is 23.8 Å². The van der Waals surface area contributed by atoms with E-state index in [0.717, 1.165) is 34.2 Å². The van der Waals surface area contributed by atoms with Crippen molar-refractivity contribution in [3.63, 3.8) is 0 Å². The molecule has 60 heavy (non-hydrogen) atoms. The lowest BCUT2D eigenvalue weighted by molar-refractivity contribution is -0.117. The standard InChI is InChI=1S/C11H15N3OS.2C11H13N3O.C10H13ClN2O/c1-4-14(8(3)15)10-5-7(2)13-6-9(10)11(12)16;2*1-4-14(9(3)15)11-5-8(2)13-7-10(11)6-12;1-4-13(8(3)14)10-5-7(2)12-6-9(10)11/h5-6H,4H2,1-3H3,(H2,12,16);2*5,7H,4H2,1-3H3;5-6H,4H2,1-3H3. The number of thiocarbonyl (C=S) groups is 1. The first-order valence-electron chi connectivity index (χ1n) is 19.0. The molecule has 17 heteroatoms. The fourth-order valence-electron chi connectivity index (χ4n) is 5.65. The predicted octanol–water partition coefficient (Wildman–Crippen LogP) is 7.08. The van der Waals surface area contributed by atoms with E-state index in [9.17, 15) is 19.2 Å². The summed E-state index contributed by atoms with van der Waals surface area (Å²) < 4.78 is 0. The summed E-state index contributed by atoms with van der Waals surface area (Å²) in [4.78, 5) is 68.3. The topological polar surface area (TPSA) is 206 Å². The monoisotopic (exact) mass is 855 g/mol. The van der Waals surface area contributed by atoms with Gasteiger partial charge in [-0.05, 0) is 79.7 Å². The Morgan fingerprint density at radius 2 is 0.850 bits per heavy atom. The van der Waals surface area contributed by atoms with Crippen molar-refractivity contribution in [3.8, 4) is 12.1 Å². The highest BCUT2D eigenvalue weighted by atomic mass is 35.5. The number of hydrogen-bond acceptors (Lipinski definition) is 11. The maximum absolute atomic E-state index is 11.5. The minimum atomic E-state index is -0.0698. The molecule has 0 aliphatic carbocycles. The van der Waals surface area contributed by atoms with Gasteiger partial charge in [-0.3, -0.25) is 39.1 Å². The summed E-state index contributed by atoms with van der Waals surface area (Å²) >= 11 is 10.9. The second-order valence-corrected chi connectivity index (χ2v) is 13.8. The van der Waals surface area contributed by atoms with Crippen molar-refractivity contribution in [2.24, 2.45) is 5.73 Å². The number of aryl methyl sites for hydroxylation is 4. The van der Waals surface area contributed by atoms with Gasteiger partial charge in [0.05, 0.1) is 44.5 Å². The zero-order valence-corrected chi connectivity index (χ0v) is 38.0. The van der Waals surface area contributed by atoms with Crippen molar-refractivity contribution in [2.75, 3.05) is 45.8 Å². The Morgan fingerprint density at radius 1 is 0.567 bits per heavy atom. The van der Waals surface area contributed by atoms with E-state index in [0.29, 0.717) is 59.3 Å². The number of carbonyl (C=O) groups is 4. The fraction of sp³-hybridized carbons (Fsp3) is 0.372. The van der Waals surface area contributed by atoms with Crippen LogP contribution in [0, 0.1) is 50.4 Å². The van der Waals surface area contributed by atoms with E-state index >= 15 is 0 Å². The number of halogens is 1. The van der Waals surface area contributed by atoms with Gasteiger partial charge in [-0.15, -0.1) is 0 Å². The van der Waals surface area contributed by atoms with Gasteiger partial charge in [-0.25, -0.2) is 0 Å². The number of rotatable bonds is 9. The van der Waals surface area contributed by atoms with Crippen LogP contribution in [-0.4, -0.2) is 74.7 Å². The minimum Gasteiger partial charge on any atom is -0.389 e. The normalized spacial score (nSPS) is 9.72. The lowest BCUT2D eigenvalue weighted by Gasteiger charge is -2.22. The van der Waals surface area contributed by atoms with E-state index in [4.69, 9.17) is 40.1 Å². The summed E-state index contributed by atoms with van der Waals surface area (Å²) in [5.41, 5.74) is 13.1. The zero-order chi connectivity index (χ0) is 45.9. The SMILES string of the molecule is CCN(C(C)=O)c1cc(C)ncc1C#N.CCN(C(C)=O)c1cc(C)ncc1C#N.CCN(C(C)=O)c1cc(C)ncc1C(N)=S.CCN(C(C)=O)c1cc(C)ncc1Cl. The lowest BCUT2D eigenvalue weighted by atomic mass is 10.2. The molecule has 15 nitrogen and oxygen atoms in total. The number of nitrogens with two attached hydrogens (primary N) is 1. The molecular formula is C43H54ClN11O4S. The largest absolute Gasteiger partial charge is 0.389 e. The van der Waals surface area contributed by atoms with Gasteiger partial charge in [0.15, 0.2) is 0 Å². The molecule has 4 aromatic rings. The molecule has 0 unspecified atom stereocenters. The maximum atomic E-state index is 11.5. The quantitative estimate of drug-likeness (QED) is 0.168. The number of aromatic nitrogens is 4. The first kappa shape index (κ1) is 51.7. The van der Waals surface area contributed by atoms with Gasteiger partial charge in [0.1, 0.15) is 17.1 Å². The maximum Gasteiger partial charge on any atom is 0.223 e. The van der Waals surface area contributed by atoms with Crippen LogP contribution in [0.15, 0.2) is 49.1 Å². The molecule has 4 heterocycles. The summed E-state index contributed by atoms with van der Waals surface area (Å²) in [6.45, 7) is 23.3. The summed E-state index contributed by atoms with van der Waals surface area (Å²) in [5, 5.41) is 18.3. The minimum absolute atomic E-state index is 0.0139. The third-order valence-corrected chi connectivity index (χ3v) is 8.99. The molecule has 0 aromatic carbocycles. The number of hydrogen-bond donors (Lipinski definition) is 1. The van der Waals surface area contributed by atoms with E-state index in [2.05, 4.69) is 19.9 Å². The zero-order valence-electron chi connectivity index (χ0n) is 36.4. The smallest absolute Gasteiger partial charge is 0.223 e. The fourth-order valence-corrected chi connectivity index (χ4v) is 6.02. The van der Waals surface area contributed by atoms with E-state index in [1.54, 1.807) is 44.1 Å². The number of carbonyl (C=O) groups excluding carboxylic acids is 4. The Morgan fingerprint density at radius 3 is 1.17 bits per heavy atom. The molecule has 0 atom stereocenters. The number of nitrogens with zero attached hydrogens (tertiary/aromatic N) is 10. The van der Waals surface area contributed by atoms with Crippen LogP contribution < -0.4 is 25.3 Å². The highest BCUT2D eigenvalue weighted by Gasteiger charge is 2.17. The molecule has 4 amide bonds. The lowest BCUT2D eigenvalue weighted by Crippen LogP contribution is -2.30. The van der Waals surface area contributed by atoms with Gasteiger partial charge in [0.25, 0.3) is 0 Å². The van der Waals surface area contributed by atoms with Crippen molar-refractivity contribution in [1.29, 1.82) is 10.5 Å². The van der Waals surface area contributed by atoms with Crippen LogP contribution in [0.2, 0.25) is 5.02 Å². The summed E-state index contributed by atoms with van der Waals surface area (Å²) in [5.74, 6) is -0.190. The second-order valence-electron chi connectivity index (χ2n) is 12.9. The van der Waals surface area contributed by atoms with Crippen LogP contribution in [0.4, 0.5) is 22.7 Å². The van der Waals surface area contributed by atoms with E-state index < -0.39 is 0 Å². The van der Waals surface area contributed by atoms with Crippen LogP contribution in [0.1, 0.15) is 94.9 Å². The van der Waals surface area contributed by atoms with Crippen LogP contribution >= 0.6 is 23.8 Å². The molecular weight excluding hydrogens is 802 g/mol. The Kier molecular flexibility index (Phi) is 21.7. The van der Waals surface area contributed by atoms with Crippen LogP contribution in [0.25, 0.3) is 0 Å². The van der Waals surface area contributed by atoms with Crippen LogP contribution in [0.5, 0.6) is 0 Å². The predicted molar refractivity (Wildman–Crippen MR) is 241 cm³/mol. The molecule has 0 aliphatic heterocycles. The van der Waals surface area contributed by atoms with E-state index in [1.165, 1.54) is 40.1 Å². The molecule has 0 fully saturated rings. The Bertz CT molecular complexity index is 2170. The van der Waals surface area contributed by atoms with Crippen molar-refractivity contribution < 1.29 is 19.2 Å². The Labute approximate surface area is 363 Å².